The lowest BCUT2D eigenvalue weighted by Gasteiger charge is -2.36. The van der Waals surface area contributed by atoms with Crippen molar-refractivity contribution in [1.82, 2.24) is 0 Å². The zero-order chi connectivity index (χ0) is 26.6. The average molecular weight is 521 g/mol. The first-order valence-electron chi connectivity index (χ1n) is 12.0. The molecule has 200 valence electrons. The maximum absolute atomic E-state index is 12.5. The summed E-state index contributed by atoms with van der Waals surface area (Å²) in [6.45, 7) is 20.2. The van der Waals surface area contributed by atoms with Gasteiger partial charge in [0.1, 0.15) is 11.9 Å². The summed E-state index contributed by atoms with van der Waals surface area (Å²) in [6.07, 6.45) is 4.71. The molecule has 0 aliphatic rings. The quantitative estimate of drug-likeness (QED) is 0.0893. The summed E-state index contributed by atoms with van der Waals surface area (Å²) in [5, 5.41) is 0.192. The molecule has 2 unspecified atom stereocenters. The monoisotopic (exact) mass is 520 g/mol. The molecule has 7 nitrogen and oxygen atoms in total. The summed E-state index contributed by atoms with van der Waals surface area (Å²) < 4.78 is 39.8. The van der Waals surface area contributed by atoms with Gasteiger partial charge in [0.2, 0.25) is 0 Å². The number of hydrogen-bond donors (Lipinski definition) is 0. The van der Waals surface area contributed by atoms with E-state index in [0.717, 1.165) is 18.4 Å². The molecule has 2 atom stereocenters. The van der Waals surface area contributed by atoms with E-state index in [1.54, 1.807) is 6.92 Å². The number of ether oxygens (including phenoxy) is 2. The van der Waals surface area contributed by atoms with E-state index in [2.05, 4.69) is 46.9 Å². The fourth-order valence-electron chi connectivity index (χ4n) is 2.89. The Bertz CT molecular complexity index is 717. The van der Waals surface area contributed by atoms with E-state index in [0.29, 0.717) is 13.2 Å². The van der Waals surface area contributed by atoms with Gasteiger partial charge in [0, 0.05) is 27.2 Å². The third-order valence-electron chi connectivity index (χ3n) is 6.09. The Kier molecular flexibility index (Phi) is 15.2. The molecule has 0 aromatic carbocycles. The number of Topliss-reactive ketones (excluding diaryl/α,β-unsaturated/α-hetero) is 1. The van der Waals surface area contributed by atoms with Crippen molar-refractivity contribution >= 4 is 21.7 Å². The summed E-state index contributed by atoms with van der Waals surface area (Å²) in [4.78, 5) is 12.5. The van der Waals surface area contributed by atoms with Crippen LogP contribution in [0.15, 0.2) is 23.3 Å². The molecule has 0 amide bonds. The molecule has 0 fully saturated rings. The normalized spacial score (nSPS) is 16.0. The molecular formula is C25H49O7PSi. The number of carbonyl (C=O) groups excluding carboxylic acids is 1. The van der Waals surface area contributed by atoms with Gasteiger partial charge in [-0.15, -0.1) is 0 Å². The minimum absolute atomic E-state index is 0.0701. The first-order chi connectivity index (χ1) is 15.6. The van der Waals surface area contributed by atoms with Gasteiger partial charge in [-0.2, -0.15) is 0 Å². The summed E-state index contributed by atoms with van der Waals surface area (Å²) in [5.74, 6) is -0.247. The highest BCUT2D eigenvalue weighted by Crippen LogP contribution is 2.46. The summed E-state index contributed by atoms with van der Waals surface area (Å²) in [7, 11) is -2.61. The van der Waals surface area contributed by atoms with Gasteiger partial charge in [-0.3, -0.25) is 9.36 Å². The van der Waals surface area contributed by atoms with Crippen LogP contribution in [0.4, 0.5) is 0 Å². The third kappa shape index (κ3) is 13.5. The van der Waals surface area contributed by atoms with E-state index in [4.69, 9.17) is 22.9 Å². The van der Waals surface area contributed by atoms with Crippen LogP contribution in [-0.2, 0) is 32.3 Å². The van der Waals surface area contributed by atoms with Crippen LogP contribution in [0, 0.1) is 0 Å². The molecule has 9 heteroatoms. The first kappa shape index (κ1) is 33.4. The molecule has 0 aliphatic heterocycles. The second kappa shape index (κ2) is 15.5. The van der Waals surface area contributed by atoms with Crippen molar-refractivity contribution in [3.8, 4) is 0 Å². The molecule has 0 aliphatic carbocycles. The topological polar surface area (TPSA) is 80.3 Å². The maximum atomic E-state index is 12.5. The summed E-state index contributed by atoms with van der Waals surface area (Å²) >= 11 is 0. The predicted molar refractivity (Wildman–Crippen MR) is 142 cm³/mol. The van der Waals surface area contributed by atoms with E-state index in [-0.39, 0.29) is 23.4 Å². The van der Waals surface area contributed by atoms with E-state index in [1.165, 1.54) is 19.8 Å². The van der Waals surface area contributed by atoms with Gasteiger partial charge >= 0.3 is 7.60 Å². The fourth-order valence-corrected chi connectivity index (χ4v) is 4.88. The molecule has 0 rings (SSSR count). The fraction of sp³-hybridized carbons (Fsp3) is 0.800. The highest BCUT2D eigenvalue weighted by molar-refractivity contribution is 7.54. The van der Waals surface area contributed by atoms with Crippen molar-refractivity contribution in [2.75, 3.05) is 33.6 Å². The number of hydrogen-bond acceptors (Lipinski definition) is 7. The third-order valence-corrected chi connectivity index (χ3v) is 12.4. The molecule has 0 heterocycles. The Balaban J connectivity index is 5.08. The molecule has 0 N–H and O–H groups in total. The summed E-state index contributed by atoms with van der Waals surface area (Å²) in [6, 6.07) is 0. The van der Waals surface area contributed by atoms with Crippen molar-refractivity contribution in [3.05, 3.63) is 23.3 Å². The lowest BCUT2D eigenvalue weighted by Crippen LogP contribution is -2.41. The molecule has 0 saturated heterocycles. The highest BCUT2D eigenvalue weighted by atomic mass is 31.2. The second-order valence-corrected chi connectivity index (χ2v) is 17.3. The van der Waals surface area contributed by atoms with Crippen molar-refractivity contribution < 1.29 is 32.3 Å². The SMILES string of the molecule is CCOC(C)OC(/C=C(\C)CC/C=C(\C)CO[Si](C)(C)C(C)(C)C)CC(=O)CP(=O)(OC)OC. The minimum Gasteiger partial charge on any atom is -0.413 e. The van der Waals surface area contributed by atoms with Crippen LogP contribution < -0.4 is 0 Å². The lowest BCUT2D eigenvalue weighted by atomic mass is 10.1. The lowest BCUT2D eigenvalue weighted by molar-refractivity contribution is -0.150. The van der Waals surface area contributed by atoms with Crippen LogP contribution in [-0.4, -0.2) is 60.1 Å². The van der Waals surface area contributed by atoms with Gasteiger partial charge in [-0.05, 0) is 58.7 Å². The van der Waals surface area contributed by atoms with Gasteiger partial charge in [0.05, 0.1) is 12.7 Å². The molecular weight excluding hydrogens is 471 g/mol. The van der Waals surface area contributed by atoms with Crippen LogP contribution >= 0.6 is 7.60 Å². The van der Waals surface area contributed by atoms with Crippen LogP contribution in [0.5, 0.6) is 0 Å². The molecule has 0 bridgehead atoms. The molecule has 0 saturated carbocycles. The van der Waals surface area contributed by atoms with Gasteiger partial charge in [0.15, 0.2) is 14.6 Å². The second-order valence-electron chi connectivity index (χ2n) is 10.2. The van der Waals surface area contributed by atoms with Gasteiger partial charge in [0.25, 0.3) is 0 Å². The smallest absolute Gasteiger partial charge is 0.337 e. The molecule has 0 spiro atoms. The van der Waals surface area contributed by atoms with Crippen LogP contribution in [0.3, 0.4) is 0 Å². The number of ketones is 1. The van der Waals surface area contributed by atoms with Gasteiger partial charge in [-0.1, -0.05) is 44.1 Å². The molecule has 0 aromatic rings. The highest BCUT2D eigenvalue weighted by Gasteiger charge is 2.37. The first-order valence-corrected chi connectivity index (χ1v) is 16.7. The van der Waals surface area contributed by atoms with Crippen LogP contribution in [0.25, 0.3) is 0 Å². The van der Waals surface area contributed by atoms with Crippen molar-refractivity contribution in [2.45, 2.75) is 98.3 Å². The van der Waals surface area contributed by atoms with Crippen molar-refractivity contribution in [1.29, 1.82) is 0 Å². The Labute approximate surface area is 209 Å². The summed E-state index contributed by atoms with van der Waals surface area (Å²) in [5.41, 5.74) is 2.33. The van der Waals surface area contributed by atoms with E-state index in [1.807, 2.05) is 19.9 Å². The zero-order valence-electron chi connectivity index (χ0n) is 23.4. The van der Waals surface area contributed by atoms with Crippen molar-refractivity contribution in [2.24, 2.45) is 0 Å². The number of carbonyl (C=O) groups is 1. The average Bonchev–Trinajstić information content (AvgIpc) is 2.71. The molecule has 0 radical (unpaired) electrons. The zero-order valence-corrected chi connectivity index (χ0v) is 25.3. The molecule has 34 heavy (non-hydrogen) atoms. The standard InChI is InChI=1S/C25H49O7PSi/c1-12-30-22(4)32-24(17-23(26)19-33(27,28-8)29-9)16-20(2)14-13-15-21(3)18-31-34(10,11)25(5,6)7/h15-16,22,24H,12-14,17-19H2,1-11H3/b20-16+,21-15+. The van der Waals surface area contributed by atoms with Gasteiger partial charge < -0.3 is 22.9 Å². The van der Waals surface area contributed by atoms with Crippen LogP contribution in [0.2, 0.25) is 18.1 Å². The number of allylic oxidation sites excluding steroid dienone is 2. The Morgan fingerprint density at radius 1 is 1.09 bits per heavy atom. The van der Waals surface area contributed by atoms with Crippen LogP contribution in [0.1, 0.15) is 67.7 Å². The Hall–Kier alpha value is -0.603. The Morgan fingerprint density at radius 3 is 2.18 bits per heavy atom. The predicted octanol–water partition coefficient (Wildman–Crippen LogP) is 6.89. The maximum Gasteiger partial charge on any atom is 0.337 e. The minimum atomic E-state index is -3.41. The van der Waals surface area contributed by atoms with E-state index < -0.39 is 28.3 Å². The van der Waals surface area contributed by atoms with Gasteiger partial charge in [-0.25, -0.2) is 0 Å². The van der Waals surface area contributed by atoms with Crippen molar-refractivity contribution in [3.63, 3.8) is 0 Å². The Morgan fingerprint density at radius 2 is 1.68 bits per heavy atom. The molecule has 0 aromatic heterocycles. The largest absolute Gasteiger partial charge is 0.413 e. The number of rotatable bonds is 17. The van der Waals surface area contributed by atoms with E-state index >= 15 is 0 Å². The van der Waals surface area contributed by atoms with E-state index in [9.17, 15) is 9.36 Å².